The minimum absolute atomic E-state index is 0.357. The van der Waals surface area contributed by atoms with Crippen molar-refractivity contribution >= 4 is 17.6 Å². The van der Waals surface area contributed by atoms with Crippen molar-refractivity contribution in [3.63, 3.8) is 0 Å². The van der Waals surface area contributed by atoms with Crippen LogP contribution in [0.5, 0.6) is 0 Å². The highest BCUT2D eigenvalue weighted by atomic mass is 35.5. The van der Waals surface area contributed by atoms with Crippen LogP contribution in [0.15, 0.2) is 30.5 Å². The van der Waals surface area contributed by atoms with E-state index in [1.165, 1.54) is 0 Å². The molecule has 1 atom stereocenters. The summed E-state index contributed by atoms with van der Waals surface area (Å²) in [6.45, 7) is 1.64. The fourth-order valence-electron chi connectivity index (χ4n) is 1.54. The van der Waals surface area contributed by atoms with E-state index in [4.69, 9.17) is 16.7 Å². The summed E-state index contributed by atoms with van der Waals surface area (Å²) in [5.41, 5.74) is 1.44. The van der Waals surface area contributed by atoms with Gasteiger partial charge in [-0.2, -0.15) is 0 Å². The number of hydrogen-bond donors (Lipinski definition) is 1. The van der Waals surface area contributed by atoms with Gasteiger partial charge < -0.3 is 5.11 Å². The molecule has 0 radical (unpaired) electrons. The minimum Gasteiger partial charge on any atom is -0.481 e. The molecule has 0 spiro atoms. The Morgan fingerprint density at radius 1 is 1.56 bits per heavy atom. The number of halogens is 1. The van der Waals surface area contributed by atoms with Crippen LogP contribution in [0.4, 0.5) is 0 Å². The molecule has 6 heteroatoms. The zero-order valence-electron chi connectivity index (χ0n) is 9.75. The standard InChI is InChI=1S/C12H12ClN3O2/c1-8(12(17)18)5-10-7-16(15-14-10)11-4-2-3-9(13)6-11/h2-4,6-8H,5H2,1H3,(H,17,18). The third kappa shape index (κ3) is 2.87. The monoisotopic (exact) mass is 265 g/mol. The van der Waals surface area contributed by atoms with E-state index in [0.29, 0.717) is 17.1 Å². The molecular weight excluding hydrogens is 254 g/mol. The number of aromatic nitrogens is 3. The van der Waals surface area contributed by atoms with Gasteiger partial charge in [-0.15, -0.1) is 5.10 Å². The minimum atomic E-state index is -0.840. The largest absolute Gasteiger partial charge is 0.481 e. The molecule has 0 amide bonds. The van der Waals surface area contributed by atoms with Crippen molar-refractivity contribution in [3.8, 4) is 5.69 Å². The number of benzene rings is 1. The Morgan fingerprint density at radius 2 is 2.33 bits per heavy atom. The van der Waals surface area contributed by atoms with E-state index in [1.807, 2.05) is 12.1 Å². The van der Waals surface area contributed by atoms with E-state index in [1.54, 1.807) is 29.9 Å². The van der Waals surface area contributed by atoms with Gasteiger partial charge in [-0.25, -0.2) is 4.68 Å². The van der Waals surface area contributed by atoms with Crippen molar-refractivity contribution < 1.29 is 9.90 Å². The topological polar surface area (TPSA) is 68.0 Å². The van der Waals surface area contributed by atoms with Crippen molar-refractivity contribution in [3.05, 3.63) is 41.2 Å². The lowest BCUT2D eigenvalue weighted by Gasteiger charge is -2.01. The lowest BCUT2D eigenvalue weighted by Crippen LogP contribution is -2.12. The van der Waals surface area contributed by atoms with Gasteiger partial charge >= 0.3 is 5.97 Å². The highest BCUT2D eigenvalue weighted by Gasteiger charge is 2.14. The Labute approximate surface area is 109 Å². The molecule has 0 aliphatic heterocycles. The normalized spacial score (nSPS) is 12.3. The van der Waals surface area contributed by atoms with Crippen LogP contribution in [-0.2, 0) is 11.2 Å². The van der Waals surface area contributed by atoms with Gasteiger partial charge in [0.1, 0.15) is 0 Å². The van der Waals surface area contributed by atoms with Crippen molar-refractivity contribution in [2.24, 2.45) is 5.92 Å². The first-order valence-corrected chi connectivity index (χ1v) is 5.84. The number of rotatable bonds is 4. The van der Waals surface area contributed by atoms with Crippen LogP contribution >= 0.6 is 11.6 Å². The number of carbonyl (C=O) groups is 1. The summed E-state index contributed by atoms with van der Waals surface area (Å²) >= 11 is 5.89. The fraction of sp³-hybridized carbons (Fsp3) is 0.250. The van der Waals surface area contributed by atoms with E-state index in [9.17, 15) is 4.79 Å². The molecule has 1 heterocycles. The Hall–Kier alpha value is -1.88. The average Bonchev–Trinajstić information content (AvgIpc) is 2.77. The van der Waals surface area contributed by atoms with Gasteiger partial charge in [0.15, 0.2) is 0 Å². The van der Waals surface area contributed by atoms with Crippen molar-refractivity contribution in [1.82, 2.24) is 15.0 Å². The van der Waals surface area contributed by atoms with Crippen LogP contribution in [0, 0.1) is 5.92 Å². The number of hydrogen-bond acceptors (Lipinski definition) is 3. The fourth-order valence-corrected chi connectivity index (χ4v) is 1.72. The number of aliphatic carboxylic acids is 1. The second-order valence-electron chi connectivity index (χ2n) is 4.08. The van der Waals surface area contributed by atoms with Gasteiger partial charge in [0, 0.05) is 11.4 Å². The first kappa shape index (κ1) is 12.6. The molecule has 5 nitrogen and oxygen atoms in total. The van der Waals surface area contributed by atoms with Gasteiger partial charge in [0.05, 0.1) is 23.5 Å². The lowest BCUT2D eigenvalue weighted by atomic mass is 10.1. The predicted octanol–water partition coefficient (Wildman–Crippen LogP) is 2.18. The Kier molecular flexibility index (Phi) is 3.62. The Balaban J connectivity index is 2.18. The third-order valence-electron chi connectivity index (χ3n) is 2.55. The maximum Gasteiger partial charge on any atom is 0.306 e. The SMILES string of the molecule is CC(Cc1cn(-c2cccc(Cl)c2)nn1)C(=O)O. The molecular formula is C12H12ClN3O2. The van der Waals surface area contributed by atoms with E-state index >= 15 is 0 Å². The second kappa shape index (κ2) is 5.18. The summed E-state index contributed by atoms with van der Waals surface area (Å²) < 4.78 is 1.58. The van der Waals surface area contributed by atoms with Crippen LogP contribution in [0.25, 0.3) is 5.69 Å². The maximum absolute atomic E-state index is 10.8. The van der Waals surface area contributed by atoms with Crippen molar-refractivity contribution in [1.29, 1.82) is 0 Å². The van der Waals surface area contributed by atoms with Crippen LogP contribution in [0.1, 0.15) is 12.6 Å². The highest BCUT2D eigenvalue weighted by molar-refractivity contribution is 6.30. The Bertz CT molecular complexity index is 568. The van der Waals surface area contributed by atoms with Crippen LogP contribution in [0.2, 0.25) is 5.02 Å². The molecule has 2 rings (SSSR count). The zero-order chi connectivity index (χ0) is 13.1. The smallest absolute Gasteiger partial charge is 0.306 e. The van der Waals surface area contributed by atoms with Crippen molar-refractivity contribution in [2.45, 2.75) is 13.3 Å². The molecule has 1 aromatic carbocycles. The van der Waals surface area contributed by atoms with Crippen LogP contribution in [0.3, 0.4) is 0 Å². The maximum atomic E-state index is 10.8. The lowest BCUT2D eigenvalue weighted by molar-refractivity contribution is -0.141. The molecule has 0 saturated heterocycles. The van der Waals surface area contributed by atoms with E-state index in [-0.39, 0.29) is 0 Å². The molecule has 2 aromatic rings. The summed E-state index contributed by atoms with van der Waals surface area (Å²) in [5, 5.41) is 17.4. The summed E-state index contributed by atoms with van der Waals surface area (Å²) in [5.74, 6) is -1.32. The summed E-state index contributed by atoms with van der Waals surface area (Å²) in [7, 11) is 0. The van der Waals surface area contributed by atoms with Crippen LogP contribution in [-0.4, -0.2) is 26.1 Å². The first-order chi connectivity index (χ1) is 8.56. The molecule has 0 saturated carbocycles. The number of nitrogens with zero attached hydrogens (tertiary/aromatic N) is 3. The van der Waals surface area contributed by atoms with Crippen LogP contribution < -0.4 is 0 Å². The molecule has 0 bridgehead atoms. The summed E-state index contributed by atoms with van der Waals surface area (Å²) in [4.78, 5) is 10.8. The zero-order valence-corrected chi connectivity index (χ0v) is 10.5. The first-order valence-electron chi connectivity index (χ1n) is 5.46. The van der Waals surface area contributed by atoms with E-state index in [0.717, 1.165) is 5.69 Å². The molecule has 1 aromatic heterocycles. The molecule has 18 heavy (non-hydrogen) atoms. The Morgan fingerprint density at radius 3 is 3.00 bits per heavy atom. The van der Waals surface area contributed by atoms with Crippen molar-refractivity contribution in [2.75, 3.05) is 0 Å². The average molecular weight is 266 g/mol. The molecule has 0 fully saturated rings. The summed E-state index contributed by atoms with van der Waals surface area (Å²) in [6.07, 6.45) is 2.07. The molecule has 1 unspecified atom stereocenters. The highest BCUT2D eigenvalue weighted by Crippen LogP contribution is 2.14. The molecule has 94 valence electrons. The van der Waals surface area contributed by atoms with E-state index < -0.39 is 11.9 Å². The van der Waals surface area contributed by atoms with Gasteiger partial charge in [0.2, 0.25) is 0 Å². The molecule has 0 aliphatic rings. The third-order valence-corrected chi connectivity index (χ3v) is 2.79. The number of carboxylic acid groups (broad SMARTS) is 1. The van der Waals surface area contributed by atoms with Gasteiger partial charge in [-0.3, -0.25) is 4.79 Å². The molecule has 1 N–H and O–H groups in total. The van der Waals surface area contributed by atoms with Gasteiger partial charge in [0.25, 0.3) is 0 Å². The quantitative estimate of drug-likeness (QED) is 0.920. The second-order valence-corrected chi connectivity index (χ2v) is 4.51. The van der Waals surface area contributed by atoms with E-state index in [2.05, 4.69) is 10.3 Å². The number of carboxylic acids is 1. The summed E-state index contributed by atoms with van der Waals surface area (Å²) in [6, 6.07) is 7.21. The predicted molar refractivity (Wildman–Crippen MR) is 66.9 cm³/mol. The van der Waals surface area contributed by atoms with Gasteiger partial charge in [-0.1, -0.05) is 29.8 Å². The van der Waals surface area contributed by atoms with Gasteiger partial charge in [-0.05, 0) is 18.2 Å². The molecule has 0 aliphatic carbocycles.